The third-order valence-corrected chi connectivity index (χ3v) is 6.38. The first-order valence-corrected chi connectivity index (χ1v) is 13.8. The number of allylic oxidation sites excluding steroid dienone is 2. The van der Waals surface area contributed by atoms with Gasteiger partial charge in [0, 0.05) is 6.42 Å². The molecule has 0 unspecified atom stereocenters. The SMILES string of the molecule is CCCCCCCC/C=C\CCCCCCCC(=O)OC[C@H](O)CO[C@@H]1O[C@H](CO)[C@@H](O)[C@H](O)[C@H]1O. The Hall–Kier alpha value is -1.07. The first-order chi connectivity index (χ1) is 17.4. The van der Waals surface area contributed by atoms with Crippen LogP contribution in [0.25, 0.3) is 0 Å². The Morgan fingerprint density at radius 2 is 1.42 bits per heavy atom. The number of esters is 1. The maximum Gasteiger partial charge on any atom is 0.305 e. The second-order valence-electron chi connectivity index (χ2n) is 9.70. The molecule has 36 heavy (non-hydrogen) atoms. The molecule has 0 saturated carbocycles. The summed E-state index contributed by atoms with van der Waals surface area (Å²) in [7, 11) is 0. The van der Waals surface area contributed by atoms with Crippen molar-refractivity contribution in [2.75, 3.05) is 19.8 Å². The smallest absolute Gasteiger partial charge is 0.305 e. The Labute approximate surface area is 216 Å². The highest BCUT2D eigenvalue weighted by atomic mass is 16.7. The summed E-state index contributed by atoms with van der Waals surface area (Å²) in [5.74, 6) is -0.389. The number of ether oxygens (including phenoxy) is 3. The van der Waals surface area contributed by atoms with Crippen molar-refractivity contribution in [2.24, 2.45) is 0 Å². The van der Waals surface area contributed by atoms with E-state index in [4.69, 9.17) is 19.3 Å². The Bertz CT molecular complexity index is 569. The number of unbranched alkanes of at least 4 members (excludes halogenated alkanes) is 11. The third-order valence-electron chi connectivity index (χ3n) is 6.38. The van der Waals surface area contributed by atoms with E-state index < -0.39 is 43.4 Å². The number of hydrogen-bond acceptors (Lipinski definition) is 9. The monoisotopic (exact) mass is 518 g/mol. The summed E-state index contributed by atoms with van der Waals surface area (Å²) in [6, 6.07) is 0. The van der Waals surface area contributed by atoms with Gasteiger partial charge < -0.3 is 39.7 Å². The van der Waals surface area contributed by atoms with Gasteiger partial charge >= 0.3 is 5.97 Å². The molecule has 0 spiro atoms. The molecular formula is C27H50O9. The lowest BCUT2D eigenvalue weighted by Crippen LogP contribution is -2.59. The van der Waals surface area contributed by atoms with Gasteiger partial charge in [-0.2, -0.15) is 0 Å². The van der Waals surface area contributed by atoms with Crippen molar-refractivity contribution in [3.05, 3.63) is 12.2 Å². The van der Waals surface area contributed by atoms with Crippen LogP contribution in [0.4, 0.5) is 0 Å². The predicted molar refractivity (Wildman–Crippen MR) is 136 cm³/mol. The molecule has 1 heterocycles. The third kappa shape index (κ3) is 14.6. The molecule has 0 amide bonds. The summed E-state index contributed by atoms with van der Waals surface area (Å²) < 4.78 is 15.5. The number of aliphatic hydroxyl groups is 5. The Balaban J connectivity index is 1.98. The summed E-state index contributed by atoms with van der Waals surface area (Å²) in [4.78, 5) is 11.9. The minimum absolute atomic E-state index is 0.263. The Kier molecular flexibility index (Phi) is 19.2. The number of carbonyl (C=O) groups excluding carboxylic acids is 1. The fourth-order valence-electron chi connectivity index (χ4n) is 4.06. The molecular weight excluding hydrogens is 468 g/mol. The van der Waals surface area contributed by atoms with E-state index in [1.807, 2.05) is 0 Å². The quantitative estimate of drug-likeness (QED) is 0.0879. The van der Waals surface area contributed by atoms with Crippen LogP contribution in [0.5, 0.6) is 0 Å². The fourth-order valence-corrected chi connectivity index (χ4v) is 4.06. The van der Waals surface area contributed by atoms with Crippen LogP contribution in [0, 0.1) is 0 Å². The first kappa shape index (κ1) is 33.0. The van der Waals surface area contributed by atoms with E-state index in [2.05, 4.69) is 19.1 Å². The van der Waals surface area contributed by atoms with E-state index >= 15 is 0 Å². The second kappa shape index (κ2) is 20.9. The largest absolute Gasteiger partial charge is 0.463 e. The number of carbonyl (C=O) groups is 1. The first-order valence-electron chi connectivity index (χ1n) is 13.8. The molecule has 212 valence electrons. The average molecular weight is 519 g/mol. The molecule has 0 aliphatic carbocycles. The number of hydrogen-bond donors (Lipinski definition) is 5. The molecule has 1 aliphatic heterocycles. The molecule has 1 rings (SSSR count). The van der Waals surface area contributed by atoms with Crippen molar-refractivity contribution < 1.29 is 44.5 Å². The van der Waals surface area contributed by atoms with Crippen LogP contribution >= 0.6 is 0 Å². The lowest BCUT2D eigenvalue weighted by molar-refractivity contribution is -0.305. The van der Waals surface area contributed by atoms with E-state index in [0.717, 1.165) is 38.5 Å². The second-order valence-corrected chi connectivity index (χ2v) is 9.70. The highest BCUT2D eigenvalue weighted by Gasteiger charge is 2.44. The summed E-state index contributed by atoms with van der Waals surface area (Å²) >= 11 is 0. The molecule has 0 bridgehead atoms. The Morgan fingerprint density at radius 3 is 2.03 bits per heavy atom. The summed E-state index contributed by atoms with van der Waals surface area (Å²) in [6.45, 7) is 1.09. The predicted octanol–water partition coefficient (Wildman–Crippen LogP) is 2.74. The summed E-state index contributed by atoms with van der Waals surface area (Å²) in [5.41, 5.74) is 0. The van der Waals surface area contributed by atoms with Crippen molar-refractivity contribution >= 4 is 5.97 Å². The lowest BCUT2D eigenvalue weighted by atomic mass is 9.99. The van der Waals surface area contributed by atoms with Crippen LogP contribution in [0.1, 0.15) is 96.8 Å². The molecule has 1 saturated heterocycles. The lowest BCUT2D eigenvalue weighted by Gasteiger charge is -2.39. The van der Waals surface area contributed by atoms with Crippen molar-refractivity contribution in [2.45, 2.75) is 134 Å². The molecule has 0 aromatic rings. The maximum atomic E-state index is 11.9. The van der Waals surface area contributed by atoms with Gasteiger partial charge in [-0.25, -0.2) is 0 Å². The number of aliphatic hydroxyl groups excluding tert-OH is 5. The van der Waals surface area contributed by atoms with E-state index in [9.17, 15) is 25.2 Å². The van der Waals surface area contributed by atoms with Crippen LogP contribution < -0.4 is 0 Å². The molecule has 5 N–H and O–H groups in total. The van der Waals surface area contributed by atoms with Crippen molar-refractivity contribution in [1.82, 2.24) is 0 Å². The van der Waals surface area contributed by atoms with Gasteiger partial charge in [0.25, 0.3) is 0 Å². The van der Waals surface area contributed by atoms with Gasteiger partial charge in [-0.05, 0) is 32.1 Å². The topological polar surface area (TPSA) is 146 Å². The van der Waals surface area contributed by atoms with Gasteiger partial charge in [-0.1, -0.05) is 70.4 Å². The minimum atomic E-state index is -1.55. The maximum absolute atomic E-state index is 11.9. The summed E-state index contributed by atoms with van der Waals surface area (Å²) in [6.07, 6.45) is 12.1. The van der Waals surface area contributed by atoms with Crippen molar-refractivity contribution in [3.8, 4) is 0 Å². The van der Waals surface area contributed by atoms with E-state index in [1.54, 1.807) is 0 Å². The fraction of sp³-hybridized carbons (Fsp3) is 0.889. The van der Waals surface area contributed by atoms with Crippen molar-refractivity contribution in [3.63, 3.8) is 0 Å². The summed E-state index contributed by atoms with van der Waals surface area (Å²) in [5, 5.41) is 48.5. The molecule has 0 aromatic heterocycles. The van der Waals surface area contributed by atoms with Crippen LogP contribution in [-0.4, -0.2) is 88.1 Å². The van der Waals surface area contributed by atoms with Gasteiger partial charge in [-0.15, -0.1) is 0 Å². The molecule has 1 fully saturated rings. The average Bonchev–Trinajstić information content (AvgIpc) is 2.88. The normalized spacial score (nSPS) is 25.3. The van der Waals surface area contributed by atoms with Crippen LogP contribution in [0.3, 0.4) is 0 Å². The van der Waals surface area contributed by atoms with E-state index in [0.29, 0.717) is 6.42 Å². The molecule has 9 nitrogen and oxygen atoms in total. The van der Waals surface area contributed by atoms with Crippen LogP contribution in [0.2, 0.25) is 0 Å². The minimum Gasteiger partial charge on any atom is -0.463 e. The highest BCUT2D eigenvalue weighted by Crippen LogP contribution is 2.22. The Morgan fingerprint density at radius 1 is 0.833 bits per heavy atom. The van der Waals surface area contributed by atoms with Gasteiger partial charge in [-0.3, -0.25) is 4.79 Å². The molecule has 6 atom stereocenters. The zero-order valence-corrected chi connectivity index (χ0v) is 22.0. The van der Waals surface area contributed by atoms with E-state index in [1.165, 1.54) is 44.9 Å². The molecule has 9 heteroatoms. The van der Waals surface area contributed by atoms with Crippen molar-refractivity contribution in [1.29, 1.82) is 0 Å². The molecule has 1 aliphatic rings. The van der Waals surface area contributed by atoms with Crippen LogP contribution in [0.15, 0.2) is 12.2 Å². The van der Waals surface area contributed by atoms with Gasteiger partial charge in [0.05, 0.1) is 13.2 Å². The molecule has 0 radical (unpaired) electrons. The standard InChI is InChI=1S/C27H50O9/c1-2-3-4-5-6-7-8-9-10-11-12-13-14-15-16-17-23(30)34-19-21(29)20-35-27-26(33)25(32)24(31)22(18-28)36-27/h9-10,21-22,24-29,31-33H,2-8,11-20H2,1H3/b10-9-/t21-,22+,24+,25-,26+,27+/m0/s1. The van der Waals surface area contributed by atoms with Crippen LogP contribution in [-0.2, 0) is 19.0 Å². The number of rotatable bonds is 21. The van der Waals surface area contributed by atoms with E-state index in [-0.39, 0.29) is 19.2 Å². The van der Waals surface area contributed by atoms with Gasteiger partial charge in [0.15, 0.2) is 6.29 Å². The van der Waals surface area contributed by atoms with Gasteiger partial charge in [0.1, 0.15) is 37.1 Å². The zero-order valence-electron chi connectivity index (χ0n) is 22.0. The van der Waals surface area contributed by atoms with Gasteiger partial charge in [0.2, 0.25) is 0 Å². The highest BCUT2D eigenvalue weighted by molar-refractivity contribution is 5.69. The molecule has 0 aromatic carbocycles. The zero-order chi connectivity index (χ0) is 26.6.